The van der Waals surface area contributed by atoms with E-state index in [-0.39, 0.29) is 0 Å². The zero-order valence-electron chi connectivity index (χ0n) is 10.9. The van der Waals surface area contributed by atoms with E-state index in [0.717, 1.165) is 16.6 Å². The van der Waals surface area contributed by atoms with Gasteiger partial charge in [0.1, 0.15) is 5.03 Å². The summed E-state index contributed by atoms with van der Waals surface area (Å²) in [7, 11) is 0. The predicted octanol–water partition coefficient (Wildman–Crippen LogP) is 4.14. The molecule has 2 rings (SSSR count). The van der Waals surface area contributed by atoms with E-state index < -0.39 is 0 Å². The Balaban J connectivity index is 2.06. The van der Waals surface area contributed by atoms with Crippen molar-refractivity contribution in [1.82, 2.24) is 10.3 Å². The van der Waals surface area contributed by atoms with Gasteiger partial charge in [0.2, 0.25) is 0 Å². The molecule has 1 fully saturated rings. The van der Waals surface area contributed by atoms with E-state index in [1.54, 1.807) is 0 Å². The lowest BCUT2D eigenvalue weighted by Crippen LogP contribution is -2.37. The van der Waals surface area contributed by atoms with E-state index in [0.29, 0.717) is 11.3 Å². The van der Waals surface area contributed by atoms with Gasteiger partial charge in [-0.2, -0.15) is 0 Å². The molecule has 2 nitrogen and oxygen atoms in total. The first-order valence-electron chi connectivity index (χ1n) is 6.82. The summed E-state index contributed by atoms with van der Waals surface area (Å²) in [6, 6.07) is 4.41. The molecule has 1 heterocycles. The summed E-state index contributed by atoms with van der Waals surface area (Å²) < 4.78 is 0. The molecule has 18 heavy (non-hydrogen) atoms. The minimum Gasteiger partial charge on any atom is -0.313 e. The van der Waals surface area contributed by atoms with Crippen LogP contribution in [0, 0.1) is 0 Å². The fourth-order valence-corrected chi connectivity index (χ4v) is 4.04. The Kier molecular flexibility index (Phi) is 5.80. The standard InChI is InChI=1S/C14H21ClN2S/c1-2-16-12-8-4-3-5-9-13(12)18-14-11(15)7-6-10-17-14/h6-7,10,12-13,16H,2-5,8-9H2,1H3. The summed E-state index contributed by atoms with van der Waals surface area (Å²) in [5, 5.41) is 5.98. The number of pyridine rings is 1. The lowest BCUT2D eigenvalue weighted by molar-refractivity contribution is 0.482. The largest absolute Gasteiger partial charge is 0.313 e. The van der Waals surface area contributed by atoms with Gasteiger partial charge in [0, 0.05) is 17.5 Å². The van der Waals surface area contributed by atoms with Crippen molar-refractivity contribution < 1.29 is 0 Å². The third-order valence-electron chi connectivity index (χ3n) is 3.41. The monoisotopic (exact) mass is 284 g/mol. The van der Waals surface area contributed by atoms with Crippen molar-refractivity contribution in [3.63, 3.8) is 0 Å². The second-order valence-corrected chi connectivity index (χ2v) is 6.38. The van der Waals surface area contributed by atoms with Gasteiger partial charge in [0.15, 0.2) is 0 Å². The number of hydrogen-bond acceptors (Lipinski definition) is 3. The highest BCUT2D eigenvalue weighted by Crippen LogP contribution is 2.35. The summed E-state index contributed by atoms with van der Waals surface area (Å²) in [6.07, 6.45) is 8.38. The molecule has 0 aliphatic heterocycles. The molecule has 0 aromatic carbocycles. The maximum Gasteiger partial charge on any atom is 0.115 e. The highest BCUT2D eigenvalue weighted by Gasteiger charge is 2.24. The topological polar surface area (TPSA) is 24.9 Å². The Labute approximate surface area is 119 Å². The van der Waals surface area contributed by atoms with Gasteiger partial charge in [-0.1, -0.05) is 49.5 Å². The van der Waals surface area contributed by atoms with Gasteiger partial charge in [-0.05, 0) is 31.5 Å². The number of halogens is 1. The maximum absolute atomic E-state index is 6.21. The molecule has 100 valence electrons. The summed E-state index contributed by atoms with van der Waals surface area (Å²) >= 11 is 8.05. The number of nitrogens with zero attached hydrogens (tertiary/aromatic N) is 1. The first-order valence-corrected chi connectivity index (χ1v) is 8.07. The molecule has 1 aromatic rings. The SMILES string of the molecule is CCNC1CCCCCC1Sc1ncccc1Cl. The van der Waals surface area contributed by atoms with Gasteiger partial charge in [0.05, 0.1) is 5.02 Å². The summed E-state index contributed by atoms with van der Waals surface area (Å²) in [6.45, 7) is 3.22. The van der Waals surface area contributed by atoms with Gasteiger partial charge < -0.3 is 5.32 Å². The second kappa shape index (κ2) is 7.37. The minimum atomic E-state index is 0.597. The number of nitrogens with one attached hydrogen (secondary N) is 1. The zero-order valence-corrected chi connectivity index (χ0v) is 12.4. The van der Waals surface area contributed by atoms with Crippen LogP contribution in [0.1, 0.15) is 39.0 Å². The Bertz CT molecular complexity index is 373. The predicted molar refractivity (Wildman–Crippen MR) is 79.4 cm³/mol. The highest BCUT2D eigenvalue weighted by molar-refractivity contribution is 8.00. The van der Waals surface area contributed by atoms with Crippen LogP contribution in [0.25, 0.3) is 0 Å². The smallest absolute Gasteiger partial charge is 0.115 e. The third kappa shape index (κ3) is 3.87. The molecule has 2 atom stereocenters. The van der Waals surface area contributed by atoms with E-state index >= 15 is 0 Å². The van der Waals surface area contributed by atoms with E-state index in [1.165, 1.54) is 32.1 Å². The van der Waals surface area contributed by atoms with Crippen LogP contribution < -0.4 is 5.32 Å². The van der Waals surface area contributed by atoms with E-state index in [2.05, 4.69) is 17.2 Å². The van der Waals surface area contributed by atoms with Crippen molar-refractivity contribution >= 4 is 23.4 Å². The van der Waals surface area contributed by atoms with E-state index in [9.17, 15) is 0 Å². The number of aromatic nitrogens is 1. The zero-order chi connectivity index (χ0) is 12.8. The Morgan fingerprint density at radius 2 is 2.22 bits per heavy atom. The lowest BCUT2D eigenvalue weighted by atomic mass is 10.1. The normalized spacial score (nSPS) is 24.8. The minimum absolute atomic E-state index is 0.597. The van der Waals surface area contributed by atoms with Crippen molar-refractivity contribution in [3.8, 4) is 0 Å². The fraction of sp³-hybridized carbons (Fsp3) is 0.643. The molecular weight excluding hydrogens is 264 g/mol. The molecular formula is C14H21ClN2S. The molecule has 4 heteroatoms. The van der Waals surface area contributed by atoms with Crippen LogP contribution in [0.4, 0.5) is 0 Å². The first kappa shape index (κ1) is 14.2. The van der Waals surface area contributed by atoms with Crippen molar-refractivity contribution in [3.05, 3.63) is 23.4 Å². The summed E-state index contributed by atoms with van der Waals surface area (Å²) in [4.78, 5) is 4.40. The molecule has 0 bridgehead atoms. The first-order chi connectivity index (χ1) is 8.81. The van der Waals surface area contributed by atoms with Crippen molar-refractivity contribution in [1.29, 1.82) is 0 Å². The third-order valence-corrected chi connectivity index (χ3v) is 5.24. The van der Waals surface area contributed by atoms with Crippen LogP contribution in [0.15, 0.2) is 23.4 Å². The molecule has 0 radical (unpaired) electrons. The number of hydrogen-bond donors (Lipinski definition) is 1. The fourth-order valence-electron chi connectivity index (χ4n) is 2.51. The van der Waals surface area contributed by atoms with Gasteiger partial charge in [-0.3, -0.25) is 0 Å². The van der Waals surface area contributed by atoms with Crippen molar-refractivity contribution in [2.45, 2.75) is 55.3 Å². The lowest BCUT2D eigenvalue weighted by Gasteiger charge is -2.25. The van der Waals surface area contributed by atoms with Crippen LogP contribution in [0.5, 0.6) is 0 Å². The quantitative estimate of drug-likeness (QED) is 0.841. The molecule has 1 N–H and O–H groups in total. The van der Waals surface area contributed by atoms with E-state index in [4.69, 9.17) is 11.6 Å². The Morgan fingerprint density at radius 3 is 3.00 bits per heavy atom. The molecule has 2 unspecified atom stereocenters. The molecule has 0 amide bonds. The van der Waals surface area contributed by atoms with Crippen LogP contribution >= 0.6 is 23.4 Å². The average Bonchev–Trinajstić information content (AvgIpc) is 2.59. The molecule has 1 aliphatic carbocycles. The maximum atomic E-state index is 6.21. The number of thioether (sulfide) groups is 1. The Hall–Kier alpha value is -0.250. The molecule has 0 saturated heterocycles. The van der Waals surface area contributed by atoms with Crippen LogP contribution in [0.2, 0.25) is 5.02 Å². The van der Waals surface area contributed by atoms with Crippen LogP contribution in [0.3, 0.4) is 0 Å². The van der Waals surface area contributed by atoms with Gasteiger partial charge in [-0.15, -0.1) is 0 Å². The number of rotatable bonds is 4. The second-order valence-electron chi connectivity index (χ2n) is 4.75. The van der Waals surface area contributed by atoms with Crippen molar-refractivity contribution in [2.75, 3.05) is 6.54 Å². The molecule has 1 aliphatic rings. The summed E-state index contributed by atoms with van der Waals surface area (Å²) in [5.41, 5.74) is 0. The van der Waals surface area contributed by atoms with Gasteiger partial charge in [0.25, 0.3) is 0 Å². The van der Waals surface area contributed by atoms with Crippen molar-refractivity contribution in [2.24, 2.45) is 0 Å². The molecule has 1 aromatic heterocycles. The Morgan fingerprint density at radius 1 is 1.39 bits per heavy atom. The highest BCUT2D eigenvalue weighted by atomic mass is 35.5. The van der Waals surface area contributed by atoms with E-state index in [1.807, 2.05) is 30.1 Å². The summed E-state index contributed by atoms with van der Waals surface area (Å²) in [5.74, 6) is 0. The average molecular weight is 285 g/mol. The van der Waals surface area contributed by atoms with Crippen LogP contribution in [-0.2, 0) is 0 Å². The van der Waals surface area contributed by atoms with Gasteiger partial charge in [-0.25, -0.2) is 4.98 Å². The van der Waals surface area contributed by atoms with Crippen LogP contribution in [-0.4, -0.2) is 22.8 Å². The molecule has 1 saturated carbocycles. The molecule has 0 spiro atoms. The van der Waals surface area contributed by atoms with Gasteiger partial charge >= 0.3 is 0 Å².